The van der Waals surface area contributed by atoms with Gasteiger partial charge in [-0.3, -0.25) is 14.4 Å². The fourth-order valence-electron chi connectivity index (χ4n) is 3.49. The number of aromatic amines is 2. The van der Waals surface area contributed by atoms with Crippen LogP contribution in [0.5, 0.6) is 11.5 Å². The van der Waals surface area contributed by atoms with Crippen LogP contribution < -0.4 is 11.1 Å². The molecule has 2 aromatic carbocycles. The Labute approximate surface area is 209 Å². The Morgan fingerprint density at radius 3 is 1.82 bits per heavy atom. The van der Waals surface area contributed by atoms with Crippen LogP contribution in [0.15, 0.2) is 54.9 Å². The van der Waals surface area contributed by atoms with Crippen LogP contribution in [0.1, 0.15) is 11.1 Å². The normalized spacial score (nSPS) is 10.7. The number of phenolic OH excluding ortho intramolecular Hbond substituents is 2. The zero-order valence-electron chi connectivity index (χ0n) is 17.8. The summed E-state index contributed by atoms with van der Waals surface area (Å²) in [7, 11) is 1.27. The molecule has 0 fully saturated rings. The molecule has 2 heterocycles. The number of H-pyrrole nitrogens is 2. The Morgan fingerprint density at radius 2 is 1.35 bits per heavy atom. The number of benzene rings is 2. The van der Waals surface area contributed by atoms with Crippen LogP contribution >= 0.6 is 31.9 Å². The number of hydrogen-bond donors (Lipinski definition) is 5. The van der Waals surface area contributed by atoms with Crippen molar-refractivity contribution >= 4 is 59.6 Å². The number of aromatic nitrogens is 2. The molecular formula is C23H20Br2N2O7. The molecule has 0 spiro atoms. The van der Waals surface area contributed by atoms with Crippen molar-refractivity contribution in [3.8, 4) is 11.5 Å². The van der Waals surface area contributed by atoms with Crippen LogP contribution in [0.2, 0.25) is 0 Å². The monoisotopic (exact) mass is 594 g/mol. The summed E-state index contributed by atoms with van der Waals surface area (Å²) in [6.45, 7) is -0.0650. The number of carbonyl (C=O) groups excluding carboxylic acids is 1. The molecule has 0 aliphatic carbocycles. The number of nitrogens with one attached hydrogen (secondary N) is 2. The summed E-state index contributed by atoms with van der Waals surface area (Å²) in [6.07, 6.45) is 0.269. The third kappa shape index (κ3) is 5.49. The predicted molar refractivity (Wildman–Crippen MR) is 134 cm³/mol. The lowest BCUT2D eigenvalue weighted by Gasteiger charge is -2.08. The van der Waals surface area contributed by atoms with Crippen molar-refractivity contribution < 1.29 is 24.9 Å². The van der Waals surface area contributed by atoms with Crippen molar-refractivity contribution in [2.75, 3.05) is 13.7 Å². The van der Waals surface area contributed by atoms with Crippen LogP contribution in [0, 0.1) is 0 Å². The predicted octanol–water partition coefficient (Wildman–Crippen LogP) is 3.24. The Bertz CT molecular complexity index is 1500. The Kier molecular flexibility index (Phi) is 8.13. The molecule has 0 atom stereocenters. The van der Waals surface area contributed by atoms with Crippen LogP contribution in [-0.4, -0.2) is 45.0 Å². The average molecular weight is 596 g/mol. The van der Waals surface area contributed by atoms with E-state index in [0.29, 0.717) is 48.3 Å². The Balaban J connectivity index is 0.000000192. The number of halogens is 2. The van der Waals surface area contributed by atoms with Crippen LogP contribution in [0.25, 0.3) is 21.8 Å². The maximum absolute atomic E-state index is 11.5. The van der Waals surface area contributed by atoms with Gasteiger partial charge in [-0.05, 0) is 73.7 Å². The van der Waals surface area contributed by atoms with Crippen molar-refractivity contribution in [1.82, 2.24) is 9.97 Å². The van der Waals surface area contributed by atoms with Crippen molar-refractivity contribution in [3.63, 3.8) is 0 Å². The van der Waals surface area contributed by atoms with Crippen molar-refractivity contribution in [1.29, 1.82) is 0 Å². The molecule has 2 aromatic heterocycles. The number of aromatic hydroxyl groups is 2. The molecule has 0 unspecified atom stereocenters. The summed E-state index contributed by atoms with van der Waals surface area (Å²) in [6, 6.07) is 9.00. The second-order valence-electron chi connectivity index (χ2n) is 7.18. The van der Waals surface area contributed by atoms with E-state index in [2.05, 4.69) is 46.6 Å². The van der Waals surface area contributed by atoms with E-state index in [9.17, 15) is 24.6 Å². The van der Waals surface area contributed by atoms with Gasteiger partial charge in [-0.15, -0.1) is 0 Å². The molecule has 0 amide bonds. The summed E-state index contributed by atoms with van der Waals surface area (Å²) in [5.41, 5.74) is 1.49. The first kappa shape index (κ1) is 25.5. The van der Waals surface area contributed by atoms with E-state index in [4.69, 9.17) is 5.11 Å². The van der Waals surface area contributed by atoms with E-state index in [1.807, 2.05) is 0 Å². The first-order valence-corrected chi connectivity index (χ1v) is 11.5. The number of carbonyl (C=O) groups is 1. The molecule has 0 aliphatic rings. The molecule has 0 bridgehead atoms. The summed E-state index contributed by atoms with van der Waals surface area (Å²) < 4.78 is 5.91. The highest BCUT2D eigenvalue weighted by molar-refractivity contribution is 9.11. The minimum Gasteiger partial charge on any atom is -0.507 e. The smallest absolute Gasteiger partial charge is 0.310 e. The molecule has 178 valence electrons. The van der Waals surface area contributed by atoms with Crippen LogP contribution in [0.4, 0.5) is 0 Å². The van der Waals surface area contributed by atoms with E-state index in [-0.39, 0.29) is 35.6 Å². The fourth-order valence-corrected chi connectivity index (χ4v) is 4.35. The standard InChI is InChI=1S/C12H10BrNO4.C11H10BrNO3/c1-18-10(17)5-6-4-9(16)14-12-7(13)2-3-8(15)11(6)12;12-7-1-2-8(15)10-6(3-4-14)5-9(16)13-11(7)10/h2-4,15H,5H2,1H3,(H,14,16);1-2,5,14-15H,3-4H2,(H,13,16). The van der Waals surface area contributed by atoms with Gasteiger partial charge < -0.3 is 30.0 Å². The van der Waals surface area contributed by atoms with E-state index in [1.54, 1.807) is 18.2 Å². The maximum Gasteiger partial charge on any atom is 0.310 e. The lowest BCUT2D eigenvalue weighted by molar-refractivity contribution is -0.139. The first-order valence-electron chi connectivity index (χ1n) is 9.90. The van der Waals surface area contributed by atoms with E-state index >= 15 is 0 Å². The van der Waals surface area contributed by atoms with Crippen LogP contribution in [0.3, 0.4) is 0 Å². The molecule has 5 N–H and O–H groups in total. The number of phenols is 2. The van der Waals surface area contributed by atoms with E-state index in [1.165, 1.54) is 25.3 Å². The van der Waals surface area contributed by atoms with E-state index < -0.39 is 5.97 Å². The SMILES string of the molecule is COC(=O)Cc1cc(=O)[nH]c2c(Br)ccc(O)c12.O=c1cc(CCO)c2c(O)ccc(Br)c2[nH]1. The molecule has 0 aliphatic heterocycles. The lowest BCUT2D eigenvalue weighted by atomic mass is 10.1. The van der Waals surface area contributed by atoms with Gasteiger partial charge in [0.15, 0.2) is 0 Å². The van der Waals surface area contributed by atoms with Crippen molar-refractivity contribution in [2.45, 2.75) is 12.8 Å². The number of hydrogen-bond acceptors (Lipinski definition) is 7. The quantitative estimate of drug-likeness (QED) is 0.227. The highest BCUT2D eigenvalue weighted by Crippen LogP contribution is 2.32. The zero-order chi connectivity index (χ0) is 25.0. The first-order chi connectivity index (χ1) is 16.2. The highest BCUT2D eigenvalue weighted by Gasteiger charge is 2.14. The lowest BCUT2D eigenvalue weighted by Crippen LogP contribution is -2.11. The number of rotatable bonds is 4. The van der Waals surface area contributed by atoms with Gasteiger partial charge >= 0.3 is 5.97 Å². The average Bonchev–Trinajstić information content (AvgIpc) is 2.79. The molecular weight excluding hydrogens is 576 g/mol. The number of aliphatic hydroxyl groups is 1. The molecule has 4 aromatic rings. The van der Waals surface area contributed by atoms with Crippen molar-refractivity contribution in [2.24, 2.45) is 0 Å². The number of aliphatic hydroxyl groups excluding tert-OH is 1. The maximum atomic E-state index is 11.5. The summed E-state index contributed by atoms with van der Waals surface area (Å²) >= 11 is 6.59. The number of pyridine rings is 2. The molecule has 0 saturated heterocycles. The summed E-state index contributed by atoms with van der Waals surface area (Å²) in [5.74, 6) is -0.373. The third-order valence-corrected chi connectivity index (χ3v) is 6.28. The second kappa shape index (κ2) is 10.9. The van der Waals surface area contributed by atoms with E-state index in [0.717, 1.165) is 0 Å². The van der Waals surface area contributed by atoms with Crippen molar-refractivity contribution in [3.05, 3.63) is 77.2 Å². The molecule has 0 radical (unpaired) electrons. The van der Waals surface area contributed by atoms with Gasteiger partial charge in [0.1, 0.15) is 11.5 Å². The molecule has 4 rings (SSSR count). The van der Waals surface area contributed by atoms with Gasteiger partial charge in [0.05, 0.1) is 24.6 Å². The van der Waals surface area contributed by atoms with Crippen LogP contribution in [-0.2, 0) is 22.4 Å². The Morgan fingerprint density at radius 1 is 0.882 bits per heavy atom. The topological polar surface area (TPSA) is 153 Å². The molecule has 34 heavy (non-hydrogen) atoms. The Hall–Kier alpha value is -3.15. The van der Waals surface area contributed by atoms with Gasteiger partial charge in [-0.25, -0.2) is 0 Å². The number of esters is 1. The summed E-state index contributed by atoms with van der Waals surface area (Å²) in [5, 5.41) is 29.6. The zero-order valence-corrected chi connectivity index (χ0v) is 21.0. The number of methoxy groups -OCH3 is 1. The molecule has 9 nitrogen and oxygen atoms in total. The molecule has 11 heteroatoms. The number of fused-ring (bicyclic) bond motifs is 2. The summed E-state index contributed by atoms with van der Waals surface area (Å²) in [4.78, 5) is 39.5. The van der Waals surface area contributed by atoms with Gasteiger partial charge in [-0.2, -0.15) is 0 Å². The minimum absolute atomic E-state index is 0.00310. The van der Waals surface area contributed by atoms with Gasteiger partial charge in [0, 0.05) is 38.5 Å². The van der Waals surface area contributed by atoms with Gasteiger partial charge in [0.2, 0.25) is 11.1 Å². The van der Waals surface area contributed by atoms with Gasteiger partial charge in [0.25, 0.3) is 0 Å². The van der Waals surface area contributed by atoms with Gasteiger partial charge in [-0.1, -0.05) is 0 Å². The number of ether oxygens (including phenoxy) is 1. The third-order valence-electron chi connectivity index (χ3n) is 4.96. The molecule has 0 saturated carbocycles. The fraction of sp³-hybridized carbons (Fsp3) is 0.174. The second-order valence-corrected chi connectivity index (χ2v) is 8.89. The minimum atomic E-state index is -0.471. The largest absolute Gasteiger partial charge is 0.507 e. The highest BCUT2D eigenvalue weighted by atomic mass is 79.9.